The van der Waals surface area contributed by atoms with Gasteiger partial charge in [0.1, 0.15) is 5.75 Å². The van der Waals surface area contributed by atoms with Crippen molar-refractivity contribution in [1.82, 2.24) is 4.98 Å². The Balaban J connectivity index is 2.07. The SMILES string of the molecule is NCCCCCOc1cccnc1. The molecule has 0 aliphatic heterocycles. The number of hydrogen-bond donors (Lipinski definition) is 1. The van der Waals surface area contributed by atoms with Crippen LogP contribution in [0.25, 0.3) is 0 Å². The molecule has 0 amide bonds. The molecule has 3 nitrogen and oxygen atoms in total. The highest BCUT2D eigenvalue weighted by Gasteiger charge is 1.91. The van der Waals surface area contributed by atoms with Gasteiger partial charge in [0, 0.05) is 6.20 Å². The van der Waals surface area contributed by atoms with Gasteiger partial charge in [-0.3, -0.25) is 4.98 Å². The normalized spacial score (nSPS) is 9.92. The third-order valence-electron chi connectivity index (χ3n) is 1.75. The number of unbranched alkanes of at least 4 members (excludes halogenated alkanes) is 2. The monoisotopic (exact) mass is 180 g/mol. The molecule has 0 aromatic carbocycles. The van der Waals surface area contributed by atoms with Crippen molar-refractivity contribution in [3.05, 3.63) is 24.5 Å². The zero-order chi connectivity index (χ0) is 9.36. The minimum absolute atomic E-state index is 0.756. The van der Waals surface area contributed by atoms with Gasteiger partial charge in [-0.15, -0.1) is 0 Å². The van der Waals surface area contributed by atoms with Gasteiger partial charge in [-0.2, -0.15) is 0 Å². The minimum Gasteiger partial charge on any atom is -0.492 e. The van der Waals surface area contributed by atoms with E-state index < -0.39 is 0 Å². The van der Waals surface area contributed by atoms with E-state index in [2.05, 4.69) is 4.98 Å². The van der Waals surface area contributed by atoms with E-state index in [1.807, 2.05) is 12.1 Å². The number of rotatable bonds is 6. The van der Waals surface area contributed by atoms with E-state index in [0.29, 0.717) is 0 Å². The van der Waals surface area contributed by atoms with Crippen LogP contribution >= 0.6 is 0 Å². The summed E-state index contributed by atoms with van der Waals surface area (Å²) in [6, 6.07) is 3.78. The predicted octanol–water partition coefficient (Wildman–Crippen LogP) is 1.59. The summed E-state index contributed by atoms with van der Waals surface area (Å²) in [5, 5.41) is 0. The van der Waals surface area contributed by atoms with Crippen molar-refractivity contribution >= 4 is 0 Å². The molecule has 0 unspecified atom stereocenters. The molecule has 3 heteroatoms. The third kappa shape index (κ3) is 4.48. The average molecular weight is 180 g/mol. The largest absolute Gasteiger partial charge is 0.492 e. The molecular weight excluding hydrogens is 164 g/mol. The van der Waals surface area contributed by atoms with Crippen molar-refractivity contribution in [2.45, 2.75) is 19.3 Å². The number of ether oxygens (including phenoxy) is 1. The van der Waals surface area contributed by atoms with Crippen LogP contribution in [0.2, 0.25) is 0 Å². The van der Waals surface area contributed by atoms with Crippen LogP contribution in [-0.2, 0) is 0 Å². The Morgan fingerprint density at radius 1 is 1.31 bits per heavy atom. The van der Waals surface area contributed by atoms with E-state index in [1.54, 1.807) is 12.4 Å². The fourth-order valence-electron chi connectivity index (χ4n) is 1.05. The standard InChI is InChI=1S/C10H16N2O/c11-6-2-1-3-8-13-10-5-4-7-12-9-10/h4-5,7,9H,1-3,6,8,11H2. The van der Waals surface area contributed by atoms with Crippen molar-refractivity contribution < 1.29 is 4.74 Å². The molecule has 0 spiro atoms. The van der Waals surface area contributed by atoms with Gasteiger partial charge < -0.3 is 10.5 Å². The summed E-state index contributed by atoms with van der Waals surface area (Å²) < 4.78 is 5.45. The molecular formula is C10H16N2O. The Labute approximate surface area is 78.9 Å². The molecule has 0 aliphatic rings. The summed E-state index contributed by atoms with van der Waals surface area (Å²) >= 11 is 0. The first-order chi connectivity index (χ1) is 6.43. The van der Waals surface area contributed by atoms with Gasteiger partial charge >= 0.3 is 0 Å². The molecule has 1 heterocycles. The predicted molar refractivity (Wildman–Crippen MR) is 52.6 cm³/mol. The molecule has 13 heavy (non-hydrogen) atoms. The molecule has 2 N–H and O–H groups in total. The molecule has 0 fully saturated rings. The van der Waals surface area contributed by atoms with Crippen LogP contribution in [0.5, 0.6) is 5.75 Å². The Morgan fingerprint density at radius 3 is 2.92 bits per heavy atom. The van der Waals surface area contributed by atoms with Crippen LogP contribution in [0.4, 0.5) is 0 Å². The summed E-state index contributed by atoms with van der Waals surface area (Å²) in [6.07, 6.45) is 6.74. The molecule has 72 valence electrons. The lowest BCUT2D eigenvalue weighted by Crippen LogP contribution is -2.01. The topological polar surface area (TPSA) is 48.1 Å². The van der Waals surface area contributed by atoms with E-state index in [0.717, 1.165) is 38.2 Å². The lowest BCUT2D eigenvalue weighted by molar-refractivity contribution is 0.304. The molecule has 0 radical (unpaired) electrons. The van der Waals surface area contributed by atoms with E-state index in [9.17, 15) is 0 Å². The van der Waals surface area contributed by atoms with Crippen LogP contribution in [0.3, 0.4) is 0 Å². The fourth-order valence-corrected chi connectivity index (χ4v) is 1.05. The van der Waals surface area contributed by atoms with Gasteiger partial charge in [0.05, 0.1) is 12.8 Å². The van der Waals surface area contributed by atoms with Gasteiger partial charge in [0.2, 0.25) is 0 Å². The lowest BCUT2D eigenvalue weighted by atomic mass is 10.2. The van der Waals surface area contributed by atoms with E-state index in [-0.39, 0.29) is 0 Å². The number of aromatic nitrogens is 1. The highest BCUT2D eigenvalue weighted by atomic mass is 16.5. The minimum atomic E-state index is 0.756. The van der Waals surface area contributed by atoms with Crippen LogP contribution in [-0.4, -0.2) is 18.1 Å². The number of hydrogen-bond acceptors (Lipinski definition) is 3. The highest BCUT2D eigenvalue weighted by molar-refractivity contribution is 5.15. The maximum atomic E-state index is 5.45. The number of nitrogens with zero attached hydrogens (tertiary/aromatic N) is 1. The van der Waals surface area contributed by atoms with Crippen molar-refractivity contribution in [2.24, 2.45) is 5.73 Å². The van der Waals surface area contributed by atoms with E-state index in [1.165, 1.54) is 0 Å². The Morgan fingerprint density at radius 2 is 2.23 bits per heavy atom. The zero-order valence-electron chi connectivity index (χ0n) is 7.78. The Kier molecular flexibility index (Phi) is 4.94. The van der Waals surface area contributed by atoms with E-state index >= 15 is 0 Å². The maximum Gasteiger partial charge on any atom is 0.137 e. The maximum absolute atomic E-state index is 5.45. The molecule has 0 saturated carbocycles. The first kappa shape index (κ1) is 9.99. The van der Waals surface area contributed by atoms with Gasteiger partial charge in [0.15, 0.2) is 0 Å². The van der Waals surface area contributed by atoms with Crippen LogP contribution in [0, 0.1) is 0 Å². The molecule has 0 bridgehead atoms. The van der Waals surface area contributed by atoms with Gasteiger partial charge in [-0.1, -0.05) is 0 Å². The Bertz CT molecular complexity index is 213. The van der Waals surface area contributed by atoms with Crippen LogP contribution in [0.1, 0.15) is 19.3 Å². The van der Waals surface area contributed by atoms with Gasteiger partial charge in [-0.25, -0.2) is 0 Å². The molecule has 1 aromatic heterocycles. The first-order valence-corrected chi connectivity index (χ1v) is 4.66. The van der Waals surface area contributed by atoms with Crippen molar-refractivity contribution in [1.29, 1.82) is 0 Å². The summed E-state index contributed by atoms with van der Waals surface area (Å²) in [4.78, 5) is 3.95. The average Bonchev–Trinajstić information content (AvgIpc) is 2.19. The summed E-state index contributed by atoms with van der Waals surface area (Å²) in [7, 11) is 0. The van der Waals surface area contributed by atoms with Crippen molar-refractivity contribution in [3.8, 4) is 5.75 Å². The van der Waals surface area contributed by atoms with Crippen LogP contribution < -0.4 is 10.5 Å². The fraction of sp³-hybridized carbons (Fsp3) is 0.500. The second kappa shape index (κ2) is 6.43. The van der Waals surface area contributed by atoms with Gasteiger partial charge in [0.25, 0.3) is 0 Å². The molecule has 1 aromatic rings. The Hall–Kier alpha value is -1.09. The first-order valence-electron chi connectivity index (χ1n) is 4.66. The number of pyridine rings is 1. The summed E-state index contributed by atoms with van der Waals surface area (Å²) in [5.74, 6) is 0.843. The zero-order valence-corrected chi connectivity index (χ0v) is 7.78. The molecule has 0 atom stereocenters. The highest BCUT2D eigenvalue weighted by Crippen LogP contribution is 2.06. The summed E-state index contributed by atoms with van der Waals surface area (Å²) in [5.41, 5.74) is 5.37. The molecule has 1 rings (SSSR count). The second-order valence-corrected chi connectivity index (χ2v) is 2.89. The quantitative estimate of drug-likeness (QED) is 0.676. The van der Waals surface area contributed by atoms with Crippen LogP contribution in [0.15, 0.2) is 24.5 Å². The van der Waals surface area contributed by atoms with Gasteiger partial charge in [-0.05, 0) is 37.9 Å². The smallest absolute Gasteiger partial charge is 0.137 e. The van der Waals surface area contributed by atoms with Crippen molar-refractivity contribution in [2.75, 3.05) is 13.2 Å². The second-order valence-electron chi connectivity index (χ2n) is 2.89. The van der Waals surface area contributed by atoms with Crippen molar-refractivity contribution in [3.63, 3.8) is 0 Å². The lowest BCUT2D eigenvalue weighted by Gasteiger charge is -2.04. The molecule has 0 saturated heterocycles. The van der Waals surface area contributed by atoms with E-state index in [4.69, 9.17) is 10.5 Å². The molecule has 0 aliphatic carbocycles. The summed E-state index contributed by atoms with van der Waals surface area (Å²) in [6.45, 7) is 1.53. The third-order valence-corrected chi connectivity index (χ3v) is 1.75. The number of nitrogens with two attached hydrogens (primary N) is 1.